The third-order valence-corrected chi connectivity index (χ3v) is 3.27. The first-order valence-electron chi connectivity index (χ1n) is 6.13. The van der Waals surface area contributed by atoms with Crippen molar-refractivity contribution in [1.29, 1.82) is 0 Å². The van der Waals surface area contributed by atoms with Gasteiger partial charge in [0.05, 0.1) is 0 Å². The van der Waals surface area contributed by atoms with Gasteiger partial charge in [0.25, 0.3) is 0 Å². The summed E-state index contributed by atoms with van der Waals surface area (Å²) in [5.41, 5.74) is 5.81. The van der Waals surface area contributed by atoms with Crippen molar-refractivity contribution >= 4 is 5.91 Å². The highest BCUT2D eigenvalue weighted by atomic mass is 16.1. The summed E-state index contributed by atoms with van der Waals surface area (Å²) in [4.78, 5) is 15.8. The van der Waals surface area contributed by atoms with Gasteiger partial charge in [-0.3, -0.25) is 9.89 Å². The van der Waals surface area contributed by atoms with Gasteiger partial charge in [0.15, 0.2) is 0 Å². The van der Waals surface area contributed by atoms with Crippen LogP contribution >= 0.6 is 0 Å². The van der Waals surface area contributed by atoms with Gasteiger partial charge in [0.1, 0.15) is 12.2 Å². The highest BCUT2D eigenvalue weighted by Crippen LogP contribution is 2.22. The van der Waals surface area contributed by atoms with Crippen LogP contribution in [0.3, 0.4) is 0 Å². The van der Waals surface area contributed by atoms with Crippen LogP contribution in [0.5, 0.6) is 0 Å². The SMILES string of the molecule is NC1CCC(C(=O)NCCc2ncn[nH]2)CC1. The molecule has 1 heterocycles. The second-order valence-electron chi connectivity index (χ2n) is 4.58. The summed E-state index contributed by atoms with van der Waals surface area (Å²) in [5, 5.41) is 9.46. The third kappa shape index (κ3) is 3.52. The van der Waals surface area contributed by atoms with Gasteiger partial charge in [-0.25, -0.2) is 4.98 Å². The average Bonchev–Trinajstić information content (AvgIpc) is 2.83. The minimum atomic E-state index is 0.143. The minimum Gasteiger partial charge on any atom is -0.355 e. The summed E-state index contributed by atoms with van der Waals surface area (Å²) in [5.74, 6) is 1.09. The Hall–Kier alpha value is -1.43. The Labute approximate surface area is 100 Å². The highest BCUT2D eigenvalue weighted by Gasteiger charge is 2.24. The monoisotopic (exact) mass is 237 g/mol. The number of hydrogen-bond acceptors (Lipinski definition) is 4. The molecule has 0 radical (unpaired) electrons. The van der Waals surface area contributed by atoms with Crippen LogP contribution in [-0.4, -0.2) is 33.7 Å². The summed E-state index contributed by atoms with van der Waals surface area (Å²) < 4.78 is 0. The van der Waals surface area contributed by atoms with Gasteiger partial charge >= 0.3 is 0 Å². The quantitative estimate of drug-likeness (QED) is 0.685. The van der Waals surface area contributed by atoms with Crippen LogP contribution in [0.15, 0.2) is 6.33 Å². The van der Waals surface area contributed by atoms with Crippen LogP contribution in [0.4, 0.5) is 0 Å². The number of nitrogens with zero attached hydrogens (tertiary/aromatic N) is 2. The zero-order valence-corrected chi connectivity index (χ0v) is 9.85. The van der Waals surface area contributed by atoms with E-state index in [1.165, 1.54) is 6.33 Å². The van der Waals surface area contributed by atoms with Gasteiger partial charge in [0.2, 0.25) is 5.91 Å². The van der Waals surface area contributed by atoms with E-state index in [4.69, 9.17) is 5.73 Å². The number of carbonyl (C=O) groups is 1. The normalized spacial score (nSPS) is 24.5. The number of H-pyrrole nitrogens is 1. The van der Waals surface area contributed by atoms with Gasteiger partial charge < -0.3 is 11.1 Å². The van der Waals surface area contributed by atoms with Crippen molar-refractivity contribution in [2.45, 2.75) is 38.1 Å². The van der Waals surface area contributed by atoms with Crippen molar-refractivity contribution in [2.75, 3.05) is 6.54 Å². The molecule has 1 saturated carbocycles. The Balaban J connectivity index is 1.67. The Morgan fingerprint density at radius 1 is 1.47 bits per heavy atom. The number of carbonyl (C=O) groups excluding carboxylic acids is 1. The molecule has 1 aliphatic carbocycles. The van der Waals surface area contributed by atoms with E-state index < -0.39 is 0 Å². The van der Waals surface area contributed by atoms with Crippen molar-refractivity contribution in [3.05, 3.63) is 12.2 Å². The summed E-state index contributed by atoms with van der Waals surface area (Å²) in [7, 11) is 0. The molecular weight excluding hydrogens is 218 g/mol. The molecule has 1 fully saturated rings. The number of rotatable bonds is 4. The molecule has 0 bridgehead atoms. The molecule has 1 aliphatic rings. The topological polar surface area (TPSA) is 96.7 Å². The van der Waals surface area contributed by atoms with Crippen LogP contribution in [0.2, 0.25) is 0 Å². The highest BCUT2D eigenvalue weighted by molar-refractivity contribution is 5.78. The molecule has 6 heteroatoms. The number of nitrogens with one attached hydrogen (secondary N) is 2. The molecule has 0 atom stereocenters. The van der Waals surface area contributed by atoms with Crippen molar-refractivity contribution in [3.63, 3.8) is 0 Å². The molecular formula is C11H19N5O. The van der Waals surface area contributed by atoms with Gasteiger partial charge in [0, 0.05) is 24.9 Å². The molecule has 0 aliphatic heterocycles. The standard InChI is InChI=1S/C11H19N5O/c12-9-3-1-8(2-4-9)11(17)13-6-5-10-14-7-15-16-10/h7-9H,1-6,12H2,(H,13,17)(H,14,15,16). The number of aromatic nitrogens is 3. The number of nitrogens with two attached hydrogens (primary N) is 1. The molecule has 94 valence electrons. The molecule has 0 saturated heterocycles. The summed E-state index contributed by atoms with van der Waals surface area (Å²) in [6.07, 6.45) is 5.91. The molecule has 0 aromatic carbocycles. The predicted octanol–water partition coefficient (Wildman–Crippen LogP) is -0.0191. The number of hydrogen-bond donors (Lipinski definition) is 3. The van der Waals surface area contributed by atoms with Crippen LogP contribution in [0.25, 0.3) is 0 Å². The van der Waals surface area contributed by atoms with Crippen LogP contribution in [0, 0.1) is 5.92 Å². The fourth-order valence-electron chi connectivity index (χ4n) is 2.18. The van der Waals surface area contributed by atoms with Crippen molar-refractivity contribution in [3.8, 4) is 0 Å². The largest absolute Gasteiger partial charge is 0.355 e. The summed E-state index contributed by atoms with van der Waals surface area (Å²) in [6, 6.07) is 0.285. The van der Waals surface area contributed by atoms with Crippen LogP contribution < -0.4 is 11.1 Å². The molecule has 1 aromatic heterocycles. The average molecular weight is 237 g/mol. The zero-order chi connectivity index (χ0) is 12.1. The first kappa shape index (κ1) is 12.0. The van der Waals surface area contributed by atoms with Gasteiger partial charge in [-0.1, -0.05) is 0 Å². The van der Waals surface area contributed by atoms with Crippen molar-refractivity contribution in [1.82, 2.24) is 20.5 Å². The molecule has 1 amide bonds. The molecule has 2 rings (SSSR count). The maximum absolute atomic E-state index is 11.8. The lowest BCUT2D eigenvalue weighted by Gasteiger charge is -2.25. The maximum Gasteiger partial charge on any atom is 0.223 e. The van der Waals surface area contributed by atoms with Crippen molar-refractivity contribution < 1.29 is 4.79 Å². The first-order chi connectivity index (χ1) is 8.25. The fourth-order valence-corrected chi connectivity index (χ4v) is 2.18. The summed E-state index contributed by atoms with van der Waals surface area (Å²) in [6.45, 7) is 0.608. The molecule has 6 nitrogen and oxygen atoms in total. The lowest BCUT2D eigenvalue weighted by molar-refractivity contribution is -0.125. The van der Waals surface area contributed by atoms with Gasteiger partial charge in [-0.15, -0.1) is 0 Å². The predicted molar refractivity (Wildman–Crippen MR) is 63.0 cm³/mol. The van der Waals surface area contributed by atoms with Crippen LogP contribution in [-0.2, 0) is 11.2 Å². The van der Waals surface area contributed by atoms with Gasteiger partial charge in [-0.2, -0.15) is 5.10 Å². The summed E-state index contributed by atoms with van der Waals surface area (Å²) >= 11 is 0. The van der Waals surface area contributed by atoms with E-state index >= 15 is 0 Å². The van der Waals surface area contributed by atoms with Crippen molar-refractivity contribution in [2.24, 2.45) is 11.7 Å². The number of aromatic amines is 1. The fraction of sp³-hybridized carbons (Fsp3) is 0.727. The Morgan fingerprint density at radius 3 is 2.88 bits per heavy atom. The lowest BCUT2D eigenvalue weighted by atomic mass is 9.86. The Bertz CT molecular complexity index is 343. The van der Waals surface area contributed by atoms with E-state index in [1.807, 2.05) is 0 Å². The number of amides is 1. The maximum atomic E-state index is 11.8. The Morgan fingerprint density at radius 2 is 2.24 bits per heavy atom. The van der Waals surface area contributed by atoms with E-state index in [9.17, 15) is 4.79 Å². The van der Waals surface area contributed by atoms with E-state index in [0.717, 1.165) is 31.5 Å². The van der Waals surface area contributed by atoms with E-state index in [1.54, 1.807) is 0 Å². The zero-order valence-electron chi connectivity index (χ0n) is 9.85. The lowest BCUT2D eigenvalue weighted by Crippen LogP contribution is -2.37. The Kier molecular flexibility index (Phi) is 4.08. The van der Waals surface area contributed by atoms with Crippen LogP contribution in [0.1, 0.15) is 31.5 Å². The van der Waals surface area contributed by atoms with E-state index in [2.05, 4.69) is 20.5 Å². The minimum absolute atomic E-state index is 0.143. The van der Waals surface area contributed by atoms with E-state index in [0.29, 0.717) is 13.0 Å². The molecule has 0 unspecified atom stereocenters. The molecule has 1 aromatic rings. The first-order valence-corrected chi connectivity index (χ1v) is 6.13. The van der Waals surface area contributed by atoms with Gasteiger partial charge in [-0.05, 0) is 25.7 Å². The molecule has 17 heavy (non-hydrogen) atoms. The smallest absolute Gasteiger partial charge is 0.223 e. The third-order valence-electron chi connectivity index (χ3n) is 3.27. The molecule has 4 N–H and O–H groups in total. The van der Waals surface area contributed by atoms with E-state index in [-0.39, 0.29) is 17.9 Å². The molecule has 0 spiro atoms. The second-order valence-corrected chi connectivity index (χ2v) is 4.58. The second kappa shape index (κ2) is 5.77.